The number of carbonyl (C=O) groups is 8. The zero-order valence-electron chi connectivity index (χ0n) is 44.1. The Morgan fingerprint density at radius 2 is 1.20 bits per heavy atom. The first-order valence-electron chi connectivity index (χ1n) is 25.4. The van der Waals surface area contributed by atoms with Crippen molar-refractivity contribution >= 4 is 93.8 Å². The zero-order valence-corrected chi connectivity index (χ0v) is 46.4. The minimum absolute atomic E-state index is 0.00135. The lowest BCUT2D eigenvalue weighted by Gasteiger charge is -2.37. The van der Waals surface area contributed by atoms with E-state index in [0.717, 1.165) is 11.6 Å². The molecule has 1 aliphatic rings. The van der Waals surface area contributed by atoms with Crippen molar-refractivity contribution in [2.45, 2.75) is 25.0 Å². The monoisotopic (exact) mass is 1200 g/mol. The van der Waals surface area contributed by atoms with Crippen LogP contribution in [0.1, 0.15) is 42.2 Å². The van der Waals surface area contributed by atoms with Crippen molar-refractivity contribution in [3.63, 3.8) is 0 Å². The highest BCUT2D eigenvalue weighted by molar-refractivity contribution is 7.80. The molecule has 0 spiro atoms. The average Bonchev–Trinajstić information content (AvgIpc) is 3.61. The van der Waals surface area contributed by atoms with Gasteiger partial charge >= 0.3 is 29.8 Å². The maximum atomic E-state index is 13.2. The molecule has 1 aliphatic heterocycles. The number of aromatic hydroxyl groups is 2. The molecular formula is C53H63Cl2N9O17S. The van der Waals surface area contributed by atoms with Crippen molar-refractivity contribution in [1.82, 2.24) is 40.9 Å². The van der Waals surface area contributed by atoms with Gasteiger partial charge in [0.1, 0.15) is 29.9 Å². The number of benzene rings is 4. The second kappa shape index (κ2) is 32.5. The van der Waals surface area contributed by atoms with Crippen molar-refractivity contribution in [2.24, 2.45) is 0 Å². The van der Waals surface area contributed by atoms with E-state index in [1.165, 1.54) is 36.4 Å². The van der Waals surface area contributed by atoms with Gasteiger partial charge in [0.25, 0.3) is 17.7 Å². The number of anilines is 1. The largest absolute Gasteiger partial charge is 0.508 e. The molecule has 0 aromatic heterocycles. The lowest BCUT2D eigenvalue weighted by atomic mass is 10.0. The number of rotatable bonds is 27. The molecule has 1 unspecified atom stereocenters. The van der Waals surface area contributed by atoms with Crippen LogP contribution >= 0.6 is 35.4 Å². The van der Waals surface area contributed by atoms with E-state index in [1.807, 2.05) is 0 Å². The van der Waals surface area contributed by atoms with E-state index in [4.69, 9.17) is 44.9 Å². The number of amides is 3. The number of thiocarbonyl (C=S) groups is 1. The van der Waals surface area contributed by atoms with E-state index in [2.05, 4.69) is 26.6 Å². The van der Waals surface area contributed by atoms with E-state index in [1.54, 1.807) is 56.0 Å². The molecule has 4 aromatic carbocycles. The summed E-state index contributed by atoms with van der Waals surface area (Å²) in [4.78, 5) is 105. The van der Waals surface area contributed by atoms with Gasteiger partial charge in [-0.15, -0.1) is 0 Å². The zero-order chi connectivity index (χ0) is 59.9. The van der Waals surface area contributed by atoms with Gasteiger partial charge in [0.05, 0.1) is 55.0 Å². The number of nitrogens with one attached hydrogen (secondary N) is 5. The van der Waals surface area contributed by atoms with Gasteiger partial charge < -0.3 is 71.8 Å². The molecule has 12 N–H and O–H groups in total. The maximum Gasteiger partial charge on any atom is 0.328 e. The summed E-state index contributed by atoms with van der Waals surface area (Å²) in [6, 6.07) is 17.1. The van der Waals surface area contributed by atoms with Crippen LogP contribution in [0.25, 0.3) is 0 Å². The van der Waals surface area contributed by atoms with Gasteiger partial charge in [0, 0.05) is 94.4 Å². The summed E-state index contributed by atoms with van der Waals surface area (Å²) < 4.78 is 11.3. The van der Waals surface area contributed by atoms with Crippen molar-refractivity contribution in [3.8, 4) is 17.2 Å². The lowest BCUT2D eigenvalue weighted by Crippen LogP contribution is -2.53. The molecule has 29 heteroatoms. The molecule has 5 rings (SSSR count). The second-order valence-electron chi connectivity index (χ2n) is 18.7. The Balaban J connectivity index is 1.07. The van der Waals surface area contributed by atoms with Crippen molar-refractivity contribution < 1.29 is 83.6 Å². The van der Waals surface area contributed by atoms with Crippen LogP contribution in [-0.2, 0) is 41.7 Å². The molecule has 2 atom stereocenters. The van der Waals surface area contributed by atoms with Crippen LogP contribution in [0.2, 0.25) is 10.0 Å². The Kier molecular flexibility index (Phi) is 25.8. The number of carboxylic acid groups (broad SMARTS) is 5. The normalized spacial score (nSPS) is 15.1. The average molecular weight is 1200 g/mol. The van der Waals surface area contributed by atoms with Gasteiger partial charge in [0.2, 0.25) is 0 Å². The number of hydrogen-bond donors (Lipinski definition) is 12. The lowest BCUT2D eigenvalue weighted by molar-refractivity contribution is -0.142. The Morgan fingerprint density at radius 3 is 1.80 bits per heavy atom. The summed E-state index contributed by atoms with van der Waals surface area (Å²) in [5, 5.41) is 81.7. The molecule has 0 saturated carbocycles. The first-order valence-corrected chi connectivity index (χ1v) is 26.5. The third kappa shape index (κ3) is 22.6. The van der Waals surface area contributed by atoms with E-state index in [9.17, 15) is 74.1 Å². The molecule has 0 aliphatic carbocycles. The SMILES string of the molecule is O=C(O)CN1CCN(CC(=O)O)CCN(CC(=O)O)C(Cc2ccc(NC(=S)NCCOCCOc3cc(O)cc(C(=O)NC[C@H](NC(=O)c4c(Cl)cc(C(=O)NCc5cccc(O)c5)cc4Cl)C(=O)O)c3)cc2)CN(CC(=O)O)CC1. The predicted octanol–water partition coefficient (Wildman–Crippen LogP) is 1.80. The van der Waals surface area contributed by atoms with Gasteiger partial charge in [-0.25, -0.2) is 4.79 Å². The molecule has 1 heterocycles. The number of carbonyl (C=O) groups excluding carboxylic acids is 3. The van der Waals surface area contributed by atoms with Gasteiger partial charge in [-0.05, 0) is 78.3 Å². The fourth-order valence-electron chi connectivity index (χ4n) is 8.48. The summed E-state index contributed by atoms with van der Waals surface area (Å²) in [6.07, 6.45) is 0.285. The highest BCUT2D eigenvalue weighted by Crippen LogP contribution is 2.28. The molecule has 442 valence electrons. The summed E-state index contributed by atoms with van der Waals surface area (Å²) >= 11 is 18.1. The van der Waals surface area contributed by atoms with Gasteiger partial charge in [-0.3, -0.25) is 53.2 Å². The third-order valence-corrected chi connectivity index (χ3v) is 13.2. The number of phenolic OH excluding ortho intramolecular Hbond substituents is 2. The maximum absolute atomic E-state index is 13.2. The number of hydrogen-bond acceptors (Lipinski definition) is 17. The third-order valence-electron chi connectivity index (χ3n) is 12.4. The number of nitrogens with zero attached hydrogens (tertiary/aromatic N) is 4. The fourth-order valence-corrected chi connectivity index (χ4v) is 9.36. The minimum Gasteiger partial charge on any atom is -0.508 e. The van der Waals surface area contributed by atoms with Crippen LogP contribution < -0.4 is 31.3 Å². The number of carboxylic acids is 5. The van der Waals surface area contributed by atoms with Crippen LogP contribution in [0.4, 0.5) is 5.69 Å². The fraction of sp³-hybridized carbons (Fsp3) is 0.377. The summed E-state index contributed by atoms with van der Waals surface area (Å²) in [6.45, 7) is -0.355. The highest BCUT2D eigenvalue weighted by atomic mass is 35.5. The molecule has 1 fully saturated rings. The Morgan fingerprint density at radius 1 is 0.610 bits per heavy atom. The first kappa shape index (κ1) is 64.9. The van der Waals surface area contributed by atoms with E-state index >= 15 is 0 Å². The van der Waals surface area contributed by atoms with Crippen molar-refractivity contribution in [3.05, 3.63) is 117 Å². The predicted molar refractivity (Wildman–Crippen MR) is 301 cm³/mol. The van der Waals surface area contributed by atoms with Crippen LogP contribution in [0, 0.1) is 0 Å². The highest BCUT2D eigenvalue weighted by Gasteiger charge is 2.29. The molecule has 4 aromatic rings. The molecule has 0 radical (unpaired) electrons. The topological polar surface area (TPSA) is 370 Å². The van der Waals surface area contributed by atoms with Gasteiger partial charge in [-0.1, -0.05) is 47.5 Å². The summed E-state index contributed by atoms with van der Waals surface area (Å²) in [5.74, 6) is -8.61. The van der Waals surface area contributed by atoms with Crippen molar-refractivity contribution in [1.29, 1.82) is 0 Å². The minimum atomic E-state index is -1.68. The quantitative estimate of drug-likeness (QED) is 0.0299. The standard InChI is InChI=1S/C53H63Cl2N9O17S/c54-41-22-35(50(76)57-25-33-2-1-3-38(65)19-33)23-42(55)48(41)51(77)60-43(52(78)79)26-58-49(75)34-20-39(66)24-40(21-34)81-17-16-80-15-8-56-53(82)59-36-6-4-32(5-7-36)18-37-27-63(30-46(71)72)12-11-61(28-44(67)68)9-10-62(29-45(69)70)13-14-64(37)31-47(73)74/h1-7,19-24,37,43,65-66H,8-18,25-31H2,(H,57,76)(H,58,75)(H,60,77)(H,67,68)(H,69,70)(H,71,72)(H,73,74)(H,78,79)(H2,56,59,82)/t37?,43-/m0/s1. The molecule has 3 amide bonds. The summed E-state index contributed by atoms with van der Waals surface area (Å²) in [7, 11) is 0. The molecule has 0 bridgehead atoms. The number of phenols is 2. The van der Waals surface area contributed by atoms with E-state index in [-0.39, 0.29) is 154 Å². The number of ether oxygens (including phenoxy) is 2. The first-order chi connectivity index (χ1) is 39.0. The number of halogens is 2. The van der Waals surface area contributed by atoms with Gasteiger partial charge in [0.15, 0.2) is 5.11 Å². The molecule has 26 nitrogen and oxygen atoms in total. The second-order valence-corrected chi connectivity index (χ2v) is 19.9. The number of aliphatic carboxylic acids is 5. The molecule has 82 heavy (non-hydrogen) atoms. The Bertz CT molecular complexity index is 2900. The van der Waals surface area contributed by atoms with Gasteiger partial charge in [-0.2, -0.15) is 0 Å². The smallest absolute Gasteiger partial charge is 0.328 e. The molecular weight excluding hydrogens is 1140 g/mol. The van der Waals surface area contributed by atoms with E-state index < -0.39 is 72.7 Å². The Labute approximate surface area is 485 Å². The van der Waals surface area contributed by atoms with Crippen LogP contribution in [0.3, 0.4) is 0 Å². The van der Waals surface area contributed by atoms with Crippen molar-refractivity contribution in [2.75, 3.05) is 110 Å². The van der Waals surface area contributed by atoms with Crippen LogP contribution in [-0.4, -0.2) is 225 Å². The van der Waals surface area contributed by atoms with Crippen LogP contribution in [0.5, 0.6) is 17.2 Å². The Hall–Kier alpha value is -7.89. The molecule has 1 saturated heterocycles. The van der Waals surface area contributed by atoms with Crippen LogP contribution in [0.15, 0.2) is 78.9 Å². The van der Waals surface area contributed by atoms with E-state index in [0.29, 0.717) is 11.3 Å². The summed E-state index contributed by atoms with van der Waals surface area (Å²) in [5.41, 5.74) is 1.58.